The minimum atomic E-state index is 0.880. The molecular weight excluding hydrogens is 198 g/mol. The molecule has 1 aliphatic rings. The van der Waals surface area contributed by atoms with Crippen molar-refractivity contribution in [3.05, 3.63) is 54.1 Å². The van der Waals surface area contributed by atoms with Crippen molar-refractivity contribution in [1.29, 1.82) is 0 Å². The second kappa shape index (κ2) is 3.99. The van der Waals surface area contributed by atoms with Gasteiger partial charge in [0.2, 0.25) is 0 Å². The van der Waals surface area contributed by atoms with Crippen LogP contribution in [0.15, 0.2) is 48.5 Å². The van der Waals surface area contributed by atoms with Crippen molar-refractivity contribution in [3.63, 3.8) is 0 Å². The van der Waals surface area contributed by atoms with Crippen molar-refractivity contribution in [1.82, 2.24) is 5.48 Å². The fourth-order valence-electron chi connectivity index (χ4n) is 2.00. The summed E-state index contributed by atoms with van der Waals surface area (Å²) in [6.07, 6.45) is 1.02. The highest BCUT2D eigenvalue weighted by Crippen LogP contribution is 2.27. The predicted octanol–water partition coefficient (Wildman–Crippen LogP) is 2.79. The Hall–Kier alpha value is -1.80. The third-order valence-corrected chi connectivity index (χ3v) is 2.85. The Morgan fingerprint density at radius 3 is 2.69 bits per heavy atom. The number of benzene rings is 2. The zero-order valence-corrected chi connectivity index (χ0v) is 8.94. The second-order valence-corrected chi connectivity index (χ2v) is 3.93. The van der Waals surface area contributed by atoms with Gasteiger partial charge in [0.25, 0.3) is 0 Å². The average molecular weight is 211 g/mol. The molecule has 16 heavy (non-hydrogen) atoms. The molecule has 0 radical (unpaired) electrons. The Morgan fingerprint density at radius 1 is 0.938 bits per heavy atom. The van der Waals surface area contributed by atoms with E-state index in [0.29, 0.717) is 0 Å². The number of nitrogens with one attached hydrogen (secondary N) is 1. The molecule has 0 bridgehead atoms. The first-order valence-electron chi connectivity index (χ1n) is 5.51. The molecule has 0 fully saturated rings. The van der Waals surface area contributed by atoms with E-state index in [1.807, 2.05) is 12.1 Å². The maximum Gasteiger partial charge on any atom is 0.150 e. The standard InChI is InChI=1S/C14H13NO/c1-2-4-11(5-3-1)12-6-7-14-13(10-12)8-9-15-16-14/h1-7,10,15H,8-9H2. The minimum Gasteiger partial charge on any atom is -0.408 e. The number of hydrogen-bond donors (Lipinski definition) is 1. The second-order valence-electron chi connectivity index (χ2n) is 3.93. The summed E-state index contributed by atoms with van der Waals surface area (Å²) in [5.41, 5.74) is 6.69. The molecule has 0 aromatic heterocycles. The van der Waals surface area contributed by atoms with Crippen molar-refractivity contribution in [3.8, 4) is 16.9 Å². The van der Waals surface area contributed by atoms with Gasteiger partial charge < -0.3 is 4.84 Å². The summed E-state index contributed by atoms with van der Waals surface area (Å²) in [6.45, 7) is 0.880. The van der Waals surface area contributed by atoms with E-state index in [0.717, 1.165) is 18.7 Å². The van der Waals surface area contributed by atoms with Gasteiger partial charge in [-0.1, -0.05) is 36.4 Å². The Labute approximate surface area is 94.8 Å². The molecule has 2 aromatic carbocycles. The van der Waals surface area contributed by atoms with E-state index in [1.165, 1.54) is 16.7 Å². The monoisotopic (exact) mass is 211 g/mol. The van der Waals surface area contributed by atoms with Gasteiger partial charge in [0, 0.05) is 6.54 Å². The van der Waals surface area contributed by atoms with Crippen LogP contribution in [0.1, 0.15) is 5.56 Å². The van der Waals surface area contributed by atoms with Gasteiger partial charge in [0.1, 0.15) is 5.75 Å². The lowest BCUT2D eigenvalue weighted by Crippen LogP contribution is -2.26. The molecule has 0 aliphatic carbocycles. The van der Waals surface area contributed by atoms with Crippen molar-refractivity contribution < 1.29 is 4.84 Å². The van der Waals surface area contributed by atoms with E-state index < -0.39 is 0 Å². The zero-order chi connectivity index (χ0) is 10.8. The van der Waals surface area contributed by atoms with Crippen LogP contribution < -0.4 is 10.3 Å². The topological polar surface area (TPSA) is 21.3 Å². The van der Waals surface area contributed by atoms with Gasteiger partial charge in [0.15, 0.2) is 0 Å². The van der Waals surface area contributed by atoms with E-state index in [4.69, 9.17) is 4.84 Å². The lowest BCUT2D eigenvalue weighted by molar-refractivity contribution is 0.180. The summed E-state index contributed by atoms with van der Waals surface area (Å²) < 4.78 is 0. The van der Waals surface area contributed by atoms with Gasteiger partial charge in [-0.3, -0.25) is 0 Å². The maximum atomic E-state index is 5.36. The van der Waals surface area contributed by atoms with Crippen LogP contribution >= 0.6 is 0 Å². The van der Waals surface area contributed by atoms with Crippen LogP contribution in [-0.2, 0) is 6.42 Å². The third-order valence-electron chi connectivity index (χ3n) is 2.85. The lowest BCUT2D eigenvalue weighted by atomic mass is 10.0. The summed E-state index contributed by atoms with van der Waals surface area (Å²) in [7, 11) is 0. The van der Waals surface area contributed by atoms with Crippen molar-refractivity contribution in [2.45, 2.75) is 6.42 Å². The molecular formula is C14H13NO. The van der Waals surface area contributed by atoms with Crippen LogP contribution in [0.25, 0.3) is 11.1 Å². The summed E-state index contributed by atoms with van der Waals surface area (Å²) in [6, 6.07) is 16.8. The zero-order valence-electron chi connectivity index (χ0n) is 8.94. The Bertz CT molecular complexity index is 493. The van der Waals surface area contributed by atoms with Gasteiger partial charge >= 0.3 is 0 Å². The molecule has 0 saturated carbocycles. The molecule has 80 valence electrons. The molecule has 0 atom stereocenters. The molecule has 3 rings (SSSR count). The molecule has 1 N–H and O–H groups in total. The van der Waals surface area contributed by atoms with Crippen LogP contribution in [0.3, 0.4) is 0 Å². The predicted molar refractivity (Wildman–Crippen MR) is 64.2 cm³/mol. The highest BCUT2D eigenvalue weighted by atomic mass is 16.6. The smallest absolute Gasteiger partial charge is 0.150 e. The van der Waals surface area contributed by atoms with E-state index in [9.17, 15) is 0 Å². The Morgan fingerprint density at radius 2 is 1.81 bits per heavy atom. The molecule has 0 unspecified atom stereocenters. The molecule has 2 aromatic rings. The normalized spacial score (nSPS) is 14.0. The average Bonchev–Trinajstić information content (AvgIpc) is 2.39. The van der Waals surface area contributed by atoms with Crippen LogP contribution in [0.4, 0.5) is 0 Å². The fraction of sp³-hybridized carbons (Fsp3) is 0.143. The number of hydroxylamine groups is 1. The molecule has 1 aliphatic heterocycles. The molecule has 2 nitrogen and oxygen atoms in total. The first-order chi connectivity index (χ1) is 7.93. The lowest BCUT2D eigenvalue weighted by Gasteiger charge is -2.18. The summed E-state index contributed by atoms with van der Waals surface area (Å²) >= 11 is 0. The summed E-state index contributed by atoms with van der Waals surface area (Å²) in [5.74, 6) is 0.950. The number of fused-ring (bicyclic) bond motifs is 1. The van der Waals surface area contributed by atoms with E-state index in [2.05, 4.69) is 41.9 Å². The molecule has 0 saturated heterocycles. The Kier molecular flexibility index (Phi) is 2.35. The van der Waals surface area contributed by atoms with Gasteiger partial charge in [0.05, 0.1) is 0 Å². The number of hydrogen-bond acceptors (Lipinski definition) is 2. The minimum absolute atomic E-state index is 0.880. The highest BCUT2D eigenvalue weighted by molar-refractivity contribution is 5.65. The van der Waals surface area contributed by atoms with Crippen molar-refractivity contribution in [2.24, 2.45) is 0 Å². The quantitative estimate of drug-likeness (QED) is 0.783. The van der Waals surface area contributed by atoms with E-state index in [1.54, 1.807) is 0 Å². The largest absolute Gasteiger partial charge is 0.408 e. The summed E-state index contributed by atoms with van der Waals surface area (Å²) in [5, 5.41) is 0. The maximum absolute atomic E-state index is 5.36. The molecule has 1 heterocycles. The summed E-state index contributed by atoms with van der Waals surface area (Å²) in [4.78, 5) is 5.36. The molecule has 2 heteroatoms. The number of rotatable bonds is 1. The van der Waals surface area contributed by atoms with Crippen LogP contribution in [0.5, 0.6) is 5.75 Å². The van der Waals surface area contributed by atoms with Crippen LogP contribution in [0.2, 0.25) is 0 Å². The van der Waals surface area contributed by atoms with Gasteiger partial charge in [-0.05, 0) is 35.2 Å². The van der Waals surface area contributed by atoms with Gasteiger partial charge in [-0.2, -0.15) is 5.48 Å². The van der Waals surface area contributed by atoms with Crippen LogP contribution in [-0.4, -0.2) is 6.54 Å². The third kappa shape index (κ3) is 1.68. The van der Waals surface area contributed by atoms with Crippen molar-refractivity contribution >= 4 is 0 Å². The highest BCUT2D eigenvalue weighted by Gasteiger charge is 2.10. The SMILES string of the molecule is c1ccc(-c2ccc3c(c2)CCNO3)cc1. The van der Waals surface area contributed by atoms with E-state index >= 15 is 0 Å². The molecule has 0 spiro atoms. The molecule has 0 amide bonds. The first kappa shape index (κ1) is 9.43. The van der Waals surface area contributed by atoms with Gasteiger partial charge in [-0.15, -0.1) is 0 Å². The fourth-order valence-corrected chi connectivity index (χ4v) is 2.00. The van der Waals surface area contributed by atoms with Gasteiger partial charge in [-0.25, -0.2) is 0 Å². The van der Waals surface area contributed by atoms with Crippen molar-refractivity contribution in [2.75, 3.05) is 6.54 Å². The van der Waals surface area contributed by atoms with E-state index in [-0.39, 0.29) is 0 Å². The Balaban J connectivity index is 2.03. The first-order valence-corrected chi connectivity index (χ1v) is 5.51. The van der Waals surface area contributed by atoms with Crippen LogP contribution in [0, 0.1) is 0 Å².